The minimum atomic E-state index is -0.799. The molecule has 0 rings (SSSR count). The number of esters is 1. The Labute approximate surface area is 378 Å². The number of hydrogen-bond donors (Lipinski definition) is 3. The Hall–Kier alpha value is -2.44. The number of aliphatic hydroxyl groups excluding tert-OH is 2. The molecule has 0 aliphatic rings. The normalized spacial score (nSPS) is 13.7. The van der Waals surface area contributed by atoms with Crippen molar-refractivity contribution < 1.29 is 24.5 Å². The number of amides is 1. The first-order valence-electron chi connectivity index (χ1n) is 26.0. The van der Waals surface area contributed by atoms with Crippen LogP contribution in [-0.4, -0.2) is 46.9 Å². The Kier molecular flexibility index (Phi) is 46.6. The fraction of sp³-hybridized carbons (Fsp3) is 0.782. The average molecular weight is 854 g/mol. The molecule has 61 heavy (non-hydrogen) atoms. The first-order valence-corrected chi connectivity index (χ1v) is 26.0. The highest BCUT2D eigenvalue weighted by atomic mass is 16.5. The summed E-state index contributed by atoms with van der Waals surface area (Å²) in [5, 5.41) is 23.8. The van der Waals surface area contributed by atoms with Crippen LogP contribution in [-0.2, 0) is 14.3 Å². The minimum Gasteiger partial charge on any atom is -0.462 e. The highest BCUT2D eigenvalue weighted by Gasteiger charge is 2.24. The second-order valence-electron chi connectivity index (χ2n) is 17.5. The third-order valence-electron chi connectivity index (χ3n) is 11.6. The van der Waals surface area contributed by atoms with Crippen molar-refractivity contribution in [1.29, 1.82) is 0 Å². The Balaban J connectivity index is 4.52. The number of ether oxygens (including phenoxy) is 1. The van der Waals surface area contributed by atoms with Gasteiger partial charge in [0.15, 0.2) is 0 Å². The van der Waals surface area contributed by atoms with Crippen LogP contribution in [0.2, 0.25) is 0 Å². The zero-order valence-electron chi connectivity index (χ0n) is 40.3. The van der Waals surface area contributed by atoms with Crippen molar-refractivity contribution in [1.82, 2.24) is 5.32 Å². The SMILES string of the molecule is CC/C=C/C/C=C/C/C=C/C/C=C/C/C=C/CCC(=O)OC(CCCCCCCCCCC)CC(=O)NC(CO)C(O)CCCCCCCCCCCCCCCCCCC. The molecule has 1 amide bonds. The molecule has 0 aromatic heterocycles. The van der Waals surface area contributed by atoms with Gasteiger partial charge in [-0.25, -0.2) is 0 Å². The Morgan fingerprint density at radius 3 is 1.25 bits per heavy atom. The zero-order chi connectivity index (χ0) is 44.5. The van der Waals surface area contributed by atoms with E-state index >= 15 is 0 Å². The summed E-state index contributed by atoms with van der Waals surface area (Å²) in [6.07, 6.45) is 60.1. The maximum Gasteiger partial charge on any atom is 0.306 e. The van der Waals surface area contributed by atoms with Crippen molar-refractivity contribution in [2.45, 2.75) is 270 Å². The van der Waals surface area contributed by atoms with Crippen LogP contribution in [0.25, 0.3) is 0 Å². The number of carbonyl (C=O) groups excluding carboxylic acids is 2. The summed E-state index contributed by atoms with van der Waals surface area (Å²) in [6.45, 7) is 6.35. The molecule has 0 aromatic rings. The van der Waals surface area contributed by atoms with Gasteiger partial charge in [0.25, 0.3) is 0 Å². The molecular formula is C55H99NO5. The second kappa shape index (κ2) is 48.6. The Morgan fingerprint density at radius 2 is 0.852 bits per heavy atom. The molecule has 3 atom stereocenters. The van der Waals surface area contributed by atoms with Crippen molar-refractivity contribution in [2.24, 2.45) is 0 Å². The van der Waals surface area contributed by atoms with Crippen molar-refractivity contribution in [3.8, 4) is 0 Å². The van der Waals surface area contributed by atoms with Crippen LogP contribution in [0.3, 0.4) is 0 Å². The molecule has 0 saturated heterocycles. The highest BCUT2D eigenvalue weighted by Crippen LogP contribution is 2.18. The van der Waals surface area contributed by atoms with Gasteiger partial charge in [-0.3, -0.25) is 9.59 Å². The second-order valence-corrected chi connectivity index (χ2v) is 17.5. The van der Waals surface area contributed by atoms with Crippen molar-refractivity contribution >= 4 is 11.9 Å². The van der Waals surface area contributed by atoms with E-state index in [9.17, 15) is 19.8 Å². The van der Waals surface area contributed by atoms with Crippen molar-refractivity contribution in [2.75, 3.05) is 6.61 Å². The lowest BCUT2D eigenvalue weighted by Crippen LogP contribution is -2.46. The lowest BCUT2D eigenvalue weighted by molar-refractivity contribution is -0.150. The van der Waals surface area contributed by atoms with Gasteiger partial charge in [0, 0.05) is 6.42 Å². The largest absolute Gasteiger partial charge is 0.462 e. The summed E-state index contributed by atoms with van der Waals surface area (Å²) < 4.78 is 5.87. The van der Waals surface area contributed by atoms with Crippen LogP contribution in [0.4, 0.5) is 0 Å². The average Bonchev–Trinajstić information content (AvgIpc) is 3.25. The smallest absolute Gasteiger partial charge is 0.306 e. The molecule has 3 unspecified atom stereocenters. The number of unbranched alkanes of at least 4 members (excludes halogenated alkanes) is 24. The first-order chi connectivity index (χ1) is 30.0. The van der Waals surface area contributed by atoms with E-state index in [0.29, 0.717) is 19.3 Å². The van der Waals surface area contributed by atoms with Gasteiger partial charge in [0.2, 0.25) is 5.91 Å². The Bertz CT molecular complexity index is 1090. The molecule has 0 heterocycles. The third-order valence-corrected chi connectivity index (χ3v) is 11.6. The number of hydrogen-bond acceptors (Lipinski definition) is 5. The summed E-state index contributed by atoms with van der Waals surface area (Å²) in [6, 6.07) is -0.715. The molecule has 354 valence electrons. The van der Waals surface area contributed by atoms with Gasteiger partial charge in [0.05, 0.1) is 25.2 Å². The molecule has 6 heteroatoms. The van der Waals surface area contributed by atoms with Crippen LogP contribution in [0.5, 0.6) is 0 Å². The van der Waals surface area contributed by atoms with E-state index < -0.39 is 18.2 Å². The molecule has 3 N–H and O–H groups in total. The zero-order valence-corrected chi connectivity index (χ0v) is 40.3. The van der Waals surface area contributed by atoms with Gasteiger partial charge in [0.1, 0.15) is 6.10 Å². The van der Waals surface area contributed by atoms with Crippen LogP contribution in [0.15, 0.2) is 60.8 Å². The molecule has 0 bridgehead atoms. The van der Waals surface area contributed by atoms with E-state index in [4.69, 9.17) is 4.74 Å². The summed E-state index contributed by atoms with van der Waals surface area (Å²) in [5.74, 6) is -0.570. The predicted octanol–water partition coefficient (Wildman–Crippen LogP) is 15.6. The fourth-order valence-corrected chi connectivity index (χ4v) is 7.72. The summed E-state index contributed by atoms with van der Waals surface area (Å²) in [4.78, 5) is 26.0. The number of rotatable bonds is 46. The summed E-state index contributed by atoms with van der Waals surface area (Å²) >= 11 is 0. The first kappa shape index (κ1) is 58.6. The van der Waals surface area contributed by atoms with Crippen molar-refractivity contribution in [3.05, 3.63) is 60.8 Å². The van der Waals surface area contributed by atoms with E-state index in [1.807, 2.05) is 6.08 Å². The van der Waals surface area contributed by atoms with Gasteiger partial charge in [-0.15, -0.1) is 0 Å². The predicted molar refractivity (Wildman–Crippen MR) is 264 cm³/mol. The Morgan fingerprint density at radius 1 is 0.492 bits per heavy atom. The molecule has 0 saturated carbocycles. The summed E-state index contributed by atoms with van der Waals surface area (Å²) in [5.41, 5.74) is 0. The minimum absolute atomic E-state index is 0.0484. The standard InChI is InChI=1S/C55H99NO5/c1-4-7-10-13-16-19-21-23-25-27-28-30-32-35-38-41-44-47-53(58)52(50-57)56-54(59)49-51(46-43-40-37-34-18-15-12-9-6-3)61-55(60)48-45-42-39-36-33-31-29-26-24-22-20-17-14-11-8-5-2/h8,11,17,20,24,26,31,33,39,42,51-53,57-58H,4-7,9-10,12-16,18-19,21-23,25,27-30,32,34-38,40-41,43-50H2,1-3H3,(H,56,59)/b11-8+,20-17+,26-24+,33-31+,42-39+. The number of carbonyl (C=O) groups is 2. The summed E-state index contributed by atoms with van der Waals surface area (Å²) in [7, 11) is 0. The lowest BCUT2D eigenvalue weighted by Gasteiger charge is -2.24. The molecule has 0 spiro atoms. The van der Waals surface area contributed by atoms with E-state index in [0.717, 1.165) is 70.6 Å². The fourth-order valence-electron chi connectivity index (χ4n) is 7.72. The highest BCUT2D eigenvalue weighted by molar-refractivity contribution is 5.77. The van der Waals surface area contributed by atoms with E-state index in [2.05, 4.69) is 80.8 Å². The van der Waals surface area contributed by atoms with Crippen molar-refractivity contribution in [3.63, 3.8) is 0 Å². The van der Waals surface area contributed by atoms with Gasteiger partial charge in [-0.1, -0.05) is 242 Å². The molecule has 0 radical (unpaired) electrons. The molecule has 0 aliphatic heterocycles. The van der Waals surface area contributed by atoms with Crippen LogP contribution >= 0.6 is 0 Å². The van der Waals surface area contributed by atoms with Crippen LogP contribution < -0.4 is 5.32 Å². The molecule has 0 aromatic carbocycles. The maximum atomic E-state index is 13.2. The molecule has 6 nitrogen and oxygen atoms in total. The van der Waals surface area contributed by atoms with Gasteiger partial charge < -0.3 is 20.3 Å². The van der Waals surface area contributed by atoms with E-state index in [1.54, 1.807) is 0 Å². The van der Waals surface area contributed by atoms with Crippen LogP contribution in [0, 0.1) is 0 Å². The number of allylic oxidation sites excluding steroid dienone is 10. The topological polar surface area (TPSA) is 95.9 Å². The third kappa shape index (κ3) is 44.0. The van der Waals surface area contributed by atoms with E-state index in [1.165, 1.54) is 128 Å². The molecule has 0 aliphatic carbocycles. The monoisotopic (exact) mass is 854 g/mol. The number of nitrogens with one attached hydrogen (secondary N) is 1. The number of aliphatic hydroxyl groups is 2. The molecular weight excluding hydrogens is 755 g/mol. The van der Waals surface area contributed by atoms with Gasteiger partial charge >= 0.3 is 5.97 Å². The van der Waals surface area contributed by atoms with Gasteiger partial charge in [-0.05, 0) is 57.8 Å². The quantitative estimate of drug-likeness (QED) is 0.0322. The van der Waals surface area contributed by atoms with E-state index in [-0.39, 0.29) is 31.3 Å². The van der Waals surface area contributed by atoms with Crippen LogP contribution in [0.1, 0.15) is 252 Å². The maximum absolute atomic E-state index is 13.2. The molecule has 0 fully saturated rings. The van der Waals surface area contributed by atoms with Gasteiger partial charge in [-0.2, -0.15) is 0 Å². The lowest BCUT2D eigenvalue weighted by atomic mass is 10.0.